The van der Waals surface area contributed by atoms with Crippen molar-refractivity contribution in [1.29, 1.82) is 0 Å². The summed E-state index contributed by atoms with van der Waals surface area (Å²) in [7, 11) is -3.64. The topological polar surface area (TPSA) is 105 Å². The van der Waals surface area contributed by atoms with E-state index >= 15 is 0 Å². The van der Waals surface area contributed by atoms with E-state index in [2.05, 4.69) is 9.88 Å². The minimum atomic E-state index is -3.64. The molecule has 0 radical (unpaired) electrons. The van der Waals surface area contributed by atoms with Gasteiger partial charge in [0, 0.05) is 17.0 Å². The molecule has 0 aromatic heterocycles. The van der Waals surface area contributed by atoms with Gasteiger partial charge < -0.3 is 10.9 Å². The maximum atomic E-state index is 12.3. The van der Waals surface area contributed by atoms with Crippen molar-refractivity contribution in [2.24, 2.45) is 16.8 Å². The molecule has 1 fully saturated rings. The van der Waals surface area contributed by atoms with Gasteiger partial charge in [0.05, 0.1) is 4.90 Å². The van der Waals surface area contributed by atoms with Crippen LogP contribution >= 0.6 is 11.6 Å². The second kappa shape index (κ2) is 5.99. The van der Waals surface area contributed by atoms with E-state index in [4.69, 9.17) is 22.5 Å². The molecule has 1 aromatic carbocycles. The fourth-order valence-electron chi connectivity index (χ4n) is 2.41. The highest BCUT2D eigenvalue weighted by Crippen LogP contribution is 2.27. The van der Waals surface area contributed by atoms with E-state index in [-0.39, 0.29) is 22.7 Å². The summed E-state index contributed by atoms with van der Waals surface area (Å²) in [6.07, 6.45) is 2.19. The van der Waals surface area contributed by atoms with Crippen molar-refractivity contribution in [1.82, 2.24) is 4.72 Å². The van der Waals surface area contributed by atoms with Gasteiger partial charge in [-0.05, 0) is 37.1 Å². The summed E-state index contributed by atoms with van der Waals surface area (Å²) in [4.78, 5) is 0.145. The summed E-state index contributed by atoms with van der Waals surface area (Å²) in [6.45, 7) is 0. The number of sulfonamides is 1. The van der Waals surface area contributed by atoms with Gasteiger partial charge in [-0.3, -0.25) is 0 Å². The Kier molecular flexibility index (Phi) is 4.52. The number of nitrogens with one attached hydrogen (secondary N) is 1. The highest BCUT2D eigenvalue weighted by atomic mass is 35.5. The Hall–Kier alpha value is -1.31. The lowest BCUT2D eigenvalue weighted by atomic mass is 10.0. The van der Waals surface area contributed by atoms with Crippen LogP contribution in [0.3, 0.4) is 0 Å². The summed E-state index contributed by atoms with van der Waals surface area (Å²) in [5.74, 6) is -0.214. The maximum absolute atomic E-state index is 12.3. The molecule has 1 saturated carbocycles. The lowest BCUT2D eigenvalue weighted by Gasteiger charge is -2.19. The molecule has 6 nitrogen and oxygen atoms in total. The Morgan fingerprint density at radius 1 is 1.35 bits per heavy atom. The zero-order valence-electron chi connectivity index (χ0n) is 10.7. The Bertz CT molecular complexity index is 601. The molecule has 8 heteroatoms. The van der Waals surface area contributed by atoms with Crippen LogP contribution in [0.2, 0.25) is 5.02 Å². The number of hydrogen-bond donors (Lipinski definition) is 3. The van der Waals surface area contributed by atoms with Crippen molar-refractivity contribution in [2.75, 3.05) is 0 Å². The Balaban J connectivity index is 2.18. The third kappa shape index (κ3) is 3.23. The van der Waals surface area contributed by atoms with E-state index in [0.717, 1.165) is 6.42 Å². The van der Waals surface area contributed by atoms with Gasteiger partial charge in [-0.2, -0.15) is 0 Å². The predicted octanol–water partition coefficient (Wildman–Crippen LogP) is 1.53. The van der Waals surface area contributed by atoms with Gasteiger partial charge in [0.15, 0.2) is 0 Å². The largest absolute Gasteiger partial charge is 0.409 e. The molecule has 110 valence electrons. The van der Waals surface area contributed by atoms with Crippen LogP contribution < -0.4 is 10.5 Å². The first-order valence-electron chi connectivity index (χ1n) is 6.19. The molecule has 0 bridgehead atoms. The molecule has 4 N–H and O–H groups in total. The molecule has 2 rings (SSSR count). The van der Waals surface area contributed by atoms with Gasteiger partial charge in [-0.25, -0.2) is 13.1 Å². The van der Waals surface area contributed by atoms with Crippen molar-refractivity contribution in [3.05, 3.63) is 29.3 Å². The predicted molar refractivity (Wildman–Crippen MR) is 76.3 cm³/mol. The van der Waals surface area contributed by atoms with E-state index < -0.39 is 10.0 Å². The van der Waals surface area contributed by atoms with Crippen LogP contribution in [0.5, 0.6) is 0 Å². The normalized spacial score (nSPS) is 23.9. The first-order valence-corrected chi connectivity index (χ1v) is 8.05. The number of oxime groups is 1. The van der Waals surface area contributed by atoms with E-state index in [1.807, 2.05) is 0 Å². The standard InChI is InChI=1S/C12H16ClN3O3S/c13-8-4-6-9(7-5-8)20(18,19)16-11-3-1-2-10(11)12(14)15-17/h4-7,10-11,16-17H,1-3H2,(H2,14,15). The van der Waals surface area contributed by atoms with Crippen molar-refractivity contribution < 1.29 is 13.6 Å². The van der Waals surface area contributed by atoms with E-state index in [0.29, 0.717) is 17.9 Å². The molecule has 0 aliphatic heterocycles. The van der Waals surface area contributed by atoms with Crippen molar-refractivity contribution in [3.8, 4) is 0 Å². The molecule has 2 atom stereocenters. The Morgan fingerprint density at radius 2 is 2.00 bits per heavy atom. The summed E-state index contributed by atoms with van der Waals surface area (Å²) in [6, 6.07) is 5.57. The molecular formula is C12H16ClN3O3S. The van der Waals surface area contributed by atoms with E-state index in [9.17, 15) is 8.42 Å². The molecule has 1 aliphatic carbocycles. The van der Waals surface area contributed by atoms with Gasteiger partial charge >= 0.3 is 0 Å². The Morgan fingerprint density at radius 3 is 2.60 bits per heavy atom. The minimum Gasteiger partial charge on any atom is -0.409 e. The second-order valence-electron chi connectivity index (χ2n) is 4.74. The fourth-order valence-corrected chi connectivity index (χ4v) is 3.85. The second-order valence-corrected chi connectivity index (χ2v) is 6.89. The first kappa shape index (κ1) is 15.1. The van der Waals surface area contributed by atoms with Crippen LogP contribution in [0.1, 0.15) is 19.3 Å². The molecule has 2 unspecified atom stereocenters. The maximum Gasteiger partial charge on any atom is 0.240 e. The number of nitrogens with two attached hydrogens (primary N) is 1. The van der Waals surface area contributed by atoms with Crippen molar-refractivity contribution in [2.45, 2.75) is 30.2 Å². The molecular weight excluding hydrogens is 302 g/mol. The summed E-state index contributed by atoms with van der Waals surface area (Å²) >= 11 is 5.74. The molecule has 1 aliphatic rings. The lowest BCUT2D eigenvalue weighted by Crippen LogP contribution is -2.42. The average molecular weight is 318 g/mol. The summed E-state index contributed by atoms with van der Waals surface area (Å²) in [5.41, 5.74) is 5.59. The number of amidine groups is 1. The number of benzene rings is 1. The smallest absolute Gasteiger partial charge is 0.240 e. The summed E-state index contributed by atoms with van der Waals surface area (Å²) in [5, 5.41) is 12.2. The molecule has 1 aromatic rings. The third-order valence-electron chi connectivity index (χ3n) is 3.44. The SMILES string of the molecule is NC(=NO)C1CCCC1NS(=O)(=O)c1ccc(Cl)cc1. The van der Waals surface area contributed by atoms with E-state index in [1.54, 1.807) is 0 Å². The number of nitrogens with zero attached hydrogens (tertiary/aromatic N) is 1. The molecule has 0 spiro atoms. The van der Waals surface area contributed by atoms with Gasteiger partial charge in [0.1, 0.15) is 5.84 Å². The Labute approximate surface area is 122 Å². The van der Waals surface area contributed by atoms with Gasteiger partial charge in [0.25, 0.3) is 0 Å². The number of rotatable bonds is 4. The van der Waals surface area contributed by atoms with Crippen LogP contribution in [-0.4, -0.2) is 25.5 Å². The first-order chi connectivity index (χ1) is 9.44. The van der Waals surface area contributed by atoms with Gasteiger partial charge in [-0.15, -0.1) is 0 Å². The van der Waals surface area contributed by atoms with Crippen LogP contribution in [-0.2, 0) is 10.0 Å². The third-order valence-corrected chi connectivity index (χ3v) is 5.20. The van der Waals surface area contributed by atoms with Gasteiger partial charge in [0.2, 0.25) is 10.0 Å². The number of hydrogen-bond acceptors (Lipinski definition) is 4. The van der Waals surface area contributed by atoms with Crippen LogP contribution in [0, 0.1) is 5.92 Å². The molecule has 0 saturated heterocycles. The van der Waals surface area contributed by atoms with Crippen molar-refractivity contribution >= 4 is 27.5 Å². The molecule has 20 heavy (non-hydrogen) atoms. The van der Waals surface area contributed by atoms with E-state index in [1.165, 1.54) is 24.3 Å². The summed E-state index contributed by atoms with van der Waals surface area (Å²) < 4.78 is 27.1. The highest BCUT2D eigenvalue weighted by Gasteiger charge is 2.33. The van der Waals surface area contributed by atoms with Crippen LogP contribution in [0.25, 0.3) is 0 Å². The molecule has 0 heterocycles. The zero-order valence-corrected chi connectivity index (χ0v) is 12.2. The lowest BCUT2D eigenvalue weighted by molar-refractivity contribution is 0.312. The molecule has 0 amide bonds. The van der Waals surface area contributed by atoms with Crippen LogP contribution in [0.15, 0.2) is 34.3 Å². The highest BCUT2D eigenvalue weighted by molar-refractivity contribution is 7.89. The number of halogens is 1. The monoisotopic (exact) mass is 317 g/mol. The quantitative estimate of drug-likeness (QED) is 0.339. The van der Waals surface area contributed by atoms with Crippen LogP contribution in [0.4, 0.5) is 0 Å². The van der Waals surface area contributed by atoms with Crippen molar-refractivity contribution in [3.63, 3.8) is 0 Å². The van der Waals surface area contributed by atoms with Gasteiger partial charge in [-0.1, -0.05) is 23.2 Å². The average Bonchev–Trinajstić information content (AvgIpc) is 2.85. The minimum absolute atomic E-state index is 0.0614. The zero-order chi connectivity index (χ0) is 14.8. The fraction of sp³-hybridized carbons (Fsp3) is 0.417.